The molecule has 4 nitrogen and oxygen atoms in total. The third-order valence-corrected chi connectivity index (χ3v) is 3.47. The first kappa shape index (κ1) is 20.5. The van der Waals surface area contributed by atoms with Crippen LogP contribution in [0.1, 0.15) is 19.4 Å². The summed E-state index contributed by atoms with van der Waals surface area (Å²) in [5.41, 5.74) is 0.912. The first-order valence-electron chi connectivity index (χ1n) is 6.71. The minimum atomic E-state index is -0.222. The van der Waals surface area contributed by atoms with Crippen molar-refractivity contribution < 1.29 is 4.74 Å². The molecule has 0 fully saturated rings. The third-order valence-electron chi connectivity index (χ3n) is 3.10. The summed E-state index contributed by atoms with van der Waals surface area (Å²) in [5.74, 6) is 0.766. The fourth-order valence-electron chi connectivity index (χ4n) is 1.61. The number of halogens is 2. The minimum absolute atomic E-state index is 0. The van der Waals surface area contributed by atoms with Crippen LogP contribution < -0.4 is 10.6 Å². The van der Waals surface area contributed by atoms with Gasteiger partial charge in [-0.3, -0.25) is 4.99 Å². The highest BCUT2D eigenvalue weighted by Gasteiger charge is 2.16. The second-order valence-corrected chi connectivity index (χ2v) is 5.56. The van der Waals surface area contributed by atoms with E-state index in [2.05, 4.69) is 15.6 Å². The minimum Gasteiger partial charge on any atom is -0.377 e. The fraction of sp³-hybridized carbons (Fsp3) is 0.533. The topological polar surface area (TPSA) is 45.7 Å². The molecule has 0 aromatic heterocycles. The molecule has 0 radical (unpaired) electrons. The van der Waals surface area contributed by atoms with Gasteiger partial charge in [0.2, 0.25) is 0 Å². The van der Waals surface area contributed by atoms with Crippen molar-refractivity contribution in [1.29, 1.82) is 0 Å². The van der Waals surface area contributed by atoms with E-state index in [1.165, 1.54) is 0 Å². The van der Waals surface area contributed by atoms with E-state index >= 15 is 0 Å². The lowest BCUT2D eigenvalue weighted by Crippen LogP contribution is -2.45. The molecular formula is C15H25ClIN3O. The predicted molar refractivity (Wildman–Crippen MR) is 101 cm³/mol. The molecule has 0 spiro atoms. The highest BCUT2D eigenvalue weighted by Crippen LogP contribution is 2.14. The van der Waals surface area contributed by atoms with E-state index in [0.717, 1.165) is 29.5 Å². The Kier molecular flexibility index (Phi) is 9.98. The van der Waals surface area contributed by atoms with Crippen molar-refractivity contribution >= 4 is 41.5 Å². The summed E-state index contributed by atoms with van der Waals surface area (Å²) in [6, 6.07) is 7.88. The van der Waals surface area contributed by atoms with Crippen molar-refractivity contribution in [1.82, 2.24) is 10.6 Å². The van der Waals surface area contributed by atoms with E-state index in [-0.39, 0.29) is 29.6 Å². The van der Waals surface area contributed by atoms with Gasteiger partial charge in [0.25, 0.3) is 0 Å². The van der Waals surface area contributed by atoms with E-state index in [4.69, 9.17) is 16.3 Å². The summed E-state index contributed by atoms with van der Waals surface area (Å²) in [6.45, 7) is 5.51. The molecule has 1 aromatic carbocycles. The molecule has 21 heavy (non-hydrogen) atoms. The Balaban J connectivity index is 0.00000400. The van der Waals surface area contributed by atoms with E-state index in [1.54, 1.807) is 14.2 Å². The van der Waals surface area contributed by atoms with Gasteiger partial charge in [-0.05, 0) is 31.9 Å². The van der Waals surface area contributed by atoms with Gasteiger partial charge in [-0.2, -0.15) is 0 Å². The van der Waals surface area contributed by atoms with E-state index in [1.807, 2.05) is 38.1 Å². The summed E-state index contributed by atoms with van der Waals surface area (Å²) < 4.78 is 5.36. The van der Waals surface area contributed by atoms with Crippen LogP contribution in [0.15, 0.2) is 29.3 Å². The van der Waals surface area contributed by atoms with Crippen LogP contribution >= 0.6 is 35.6 Å². The molecule has 0 aliphatic rings. The second-order valence-electron chi connectivity index (χ2n) is 5.16. The molecule has 0 aliphatic carbocycles. The number of benzene rings is 1. The molecule has 0 saturated carbocycles. The number of aliphatic imine (C=N–C) groups is 1. The Morgan fingerprint density at radius 3 is 2.52 bits per heavy atom. The zero-order chi connectivity index (χ0) is 15.0. The van der Waals surface area contributed by atoms with Gasteiger partial charge < -0.3 is 15.4 Å². The molecule has 0 heterocycles. The summed E-state index contributed by atoms with van der Waals surface area (Å²) in [7, 11) is 3.46. The SMILES string of the molecule is CN=C(NCCc1ccccc1Cl)NCC(C)(C)OC.I. The van der Waals surface area contributed by atoms with Gasteiger partial charge in [-0.1, -0.05) is 29.8 Å². The average Bonchev–Trinajstić information content (AvgIpc) is 2.44. The number of nitrogens with one attached hydrogen (secondary N) is 2. The smallest absolute Gasteiger partial charge is 0.191 e. The van der Waals surface area contributed by atoms with E-state index in [0.29, 0.717) is 6.54 Å². The van der Waals surface area contributed by atoms with Crippen LogP contribution in [0.5, 0.6) is 0 Å². The van der Waals surface area contributed by atoms with Gasteiger partial charge in [0, 0.05) is 32.3 Å². The maximum atomic E-state index is 6.12. The monoisotopic (exact) mass is 425 g/mol. The Hall–Kier alpha value is -0.530. The Labute approximate surface area is 149 Å². The van der Waals surface area contributed by atoms with Crippen molar-refractivity contribution in [3.63, 3.8) is 0 Å². The Morgan fingerprint density at radius 2 is 1.95 bits per heavy atom. The van der Waals surface area contributed by atoms with Crippen molar-refractivity contribution in [2.24, 2.45) is 4.99 Å². The van der Waals surface area contributed by atoms with Gasteiger partial charge in [0.1, 0.15) is 0 Å². The first-order valence-corrected chi connectivity index (χ1v) is 7.09. The van der Waals surface area contributed by atoms with Crippen molar-refractivity contribution in [2.75, 3.05) is 27.2 Å². The molecule has 0 saturated heterocycles. The summed E-state index contributed by atoms with van der Waals surface area (Å²) in [6.07, 6.45) is 0.855. The molecule has 2 N–H and O–H groups in total. The number of nitrogens with zero attached hydrogens (tertiary/aromatic N) is 1. The van der Waals surface area contributed by atoms with Gasteiger partial charge in [-0.25, -0.2) is 0 Å². The molecule has 1 aromatic rings. The maximum Gasteiger partial charge on any atom is 0.191 e. The lowest BCUT2D eigenvalue weighted by molar-refractivity contribution is 0.0268. The van der Waals surface area contributed by atoms with Crippen LogP contribution in [0.25, 0.3) is 0 Å². The predicted octanol–water partition coefficient (Wildman–Crippen LogP) is 3.09. The summed E-state index contributed by atoms with van der Waals surface area (Å²) in [4.78, 5) is 4.18. The molecule has 1 rings (SSSR count). The zero-order valence-electron chi connectivity index (χ0n) is 13.1. The molecule has 6 heteroatoms. The van der Waals surface area contributed by atoms with Crippen LogP contribution in [0, 0.1) is 0 Å². The number of hydrogen-bond donors (Lipinski definition) is 2. The number of methoxy groups -OCH3 is 1. The molecular weight excluding hydrogens is 401 g/mol. The van der Waals surface area contributed by atoms with Crippen LogP contribution in [0.4, 0.5) is 0 Å². The largest absolute Gasteiger partial charge is 0.377 e. The van der Waals surface area contributed by atoms with Gasteiger partial charge in [0.05, 0.1) is 5.60 Å². The number of guanidine groups is 1. The molecule has 0 atom stereocenters. The van der Waals surface area contributed by atoms with Crippen LogP contribution in [0.3, 0.4) is 0 Å². The average molecular weight is 426 g/mol. The standard InChI is InChI=1S/C15H24ClN3O.HI/c1-15(2,20-4)11-19-14(17-3)18-10-9-12-7-5-6-8-13(12)16;/h5-8H,9-11H2,1-4H3,(H2,17,18,19);1H. The molecule has 0 aliphatic heterocycles. The third kappa shape index (κ3) is 7.87. The summed E-state index contributed by atoms with van der Waals surface area (Å²) >= 11 is 6.12. The number of rotatable bonds is 6. The lowest BCUT2D eigenvalue weighted by Gasteiger charge is -2.24. The lowest BCUT2D eigenvalue weighted by atomic mass is 10.1. The second kappa shape index (κ2) is 10.2. The first-order chi connectivity index (χ1) is 9.48. The molecule has 0 unspecified atom stereocenters. The molecule has 120 valence electrons. The van der Waals surface area contributed by atoms with Gasteiger partial charge in [-0.15, -0.1) is 24.0 Å². The van der Waals surface area contributed by atoms with Gasteiger partial charge >= 0.3 is 0 Å². The maximum absolute atomic E-state index is 6.12. The fourth-order valence-corrected chi connectivity index (χ4v) is 1.84. The highest BCUT2D eigenvalue weighted by molar-refractivity contribution is 14.0. The van der Waals surface area contributed by atoms with Crippen molar-refractivity contribution in [3.05, 3.63) is 34.9 Å². The molecule has 0 amide bonds. The van der Waals surface area contributed by atoms with Crippen molar-refractivity contribution in [2.45, 2.75) is 25.9 Å². The van der Waals surface area contributed by atoms with Crippen LogP contribution in [-0.2, 0) is 11.2 Å². The van der Waals surface area contributed by atoms with Crippen LogP contribution in [-0.4, -0.2) is 38.8 Å². The van der Waals surface area contributed by atoms with E-state index < -0.39 is 0 Å². The Morgan fingerprint density at radius 1 is 1.29 bits per heavy atom. The highest BCUT2D eigenvalue weighted by atomic mass is 127. The van der Waals surface area contributed by atoms with Crippen LogP contribution in [0.2, 0.25) is 5.02 Å². The normalized spacial score (nSPS) is 11.8. The zero-order valence-corrected chi connectivity index (χ0v) is 16.2. The van der Waals surface area contributed by atoms with E-state index in [9.17, 15) is 0 Å². The molecule has 0 bridgehead atoms. The van der Waals surface area contributed by atoms with Crippen molar-refractivity contribution in [3.8, 4) is 0 Å². The number of hydrogen-bond acceptors (Lipinski definition) is 2. The van der Waals surface area contributed by atoms with Gasteiger partial charge in [0.15, 0.2) is 5.96 Å². The number of ether oxygens (including phenoxy) is 1. The summed E-state index contributed by atoms with van der Waals surface area (Å²) in [5, 5.41) is 7.31. The quantitative estimate of drug-likeness (QED) is 0.418. The Bertz CT molecular complexity index is 452.